The largest absolute Gasteiger partial charge is 0.444 e. The van der Waals surface area contributed by atoms with E-state index in [9.17, 15) is 19.2 Å². The van der Waals surface area contributed by atoms with Crippen molar-refractivity contribution in [3.8, 4) is 22.5 Å². The van der Waals surface area contributed by atoms with Gasteiger partial charge in [-0.05, 0) is 114 Å². The summed E-state index contributed by atoms with van der Waals surface area (Å²) in [4.78, 5) is 80.3. The number of amides is 4. The highest BCUT2D eigenvalue weighted by atomic mass is 35.5. The van der Waals surface area contributed by atoms with Crippen LogP contribution in [-0.2, 0) is 56.0 Å². The summed E-state index contributed by atoms with van der Waals surface area (Å²) in [5.41, 5.74) is 13.4. The Hall–Kier alpha value is -8.43. The highest BCUT2D eigenvalue weighted by molar-refractivity contribution is 7.14. The van der Waals surface area contributed by atoms with Crippen LogP contribution in [0, 0.1) is 13.8 Å². The molecule has 27 heteroatoms. The van der Waals surface area contributed by atoms with Gasteiger partial charge in [-0.25, -0.2) is 39.5 Å². The van der Waals surface area contributed by atoms with Crippen molar-refractivity contribution in [2.75, 3.05) is 50.4 Å². The first-order chi connectivity index (χ1) is 43.8. The molecular formula is C66H85ClN16O8S2. The molecule has 0 saturated carbocycles. The van der Waals surface area contributed by atoms with E-state index in [1.165, 1.54) is 22.7 Å². The SMILES string of the molecule is CC(C)(C)OC(=O)N1CCO[C@H](Cn2cc(N)cn2)C1.Cc1cc(-c2ccnc(Cl)n2)ccc1CNC(=O)c1cnc(C(C)(C)C)s1.Cc1cc(-c2ccnc(Nc3cnn(C[C@@H]4CN(C(=O)OC(C)(C)C)CCO4)c3)n2)ccc1CNC(=O)c1cnc(C(C)(C)C)s1. The number of carbonyl (C=O) groups excluding carboxylic acids is 4. The molecule has 496 valence electrons. The van der Waals surface area contributed by atoms with Gasteiger partial charge in [0.05, 0.1) is 109 Å². The number of morpholine rings is 2. The number of benzene rings is 2. The summed E-state index contributed by atoms with van der Waals surface area (Å²) in [6.45, 7) is 32.5. The molecule has 93 heavy (non-hydrogen) atoms. The average Bonchev–Trinajstić information content (AvgIpc) is 1.98. The molecule has 24 nitrogen and oxygen atoms in total. The number of aryl methyl sites for hydroxylation is 2. The fraction of sp³-hybridized carbons (Fsp3) is 0.455. The molecule has 8 heterocycles. The van der Waals surface area contributed by atoms with Gasteiger partial charge in [-0.2, -0.15) is 10.2 Å². The van der Waals surface area contributed by atoms with Gasteiger partial charge in [-0.1, -0.05) is 65.8 Å². The van der Waals surface area contributed by atoms with Crippen molar-refractivity contribution in [3.63, 3.8) is 0 Å². The monoisotopic (exact) mass is 1330 g/mol. The predicted molar refractivity (Wildman–Crippen MR) is 361 cm³/mol. The zero-order valence-corrected chi connectivity index (χ0v) is 57.8. The van der Waals surface area contributed by atoms with Crippen LogP contribution in [0.2, 0.25) is 5.28 Å². The molecule has 2 aliphatic rings. The van der Waals surface area contributed by atoms with Gasteiger partial charge in [-0.3, -0.25) is 19.0 Å². The normalized spacial score (nSPS) is 15.3. The van der Waals surface area contributed by atoms with Gasteiger partial charge >= 0.3 is 12.2 Å². The summed E-state index contributed by atoms with van der Waals surface area (Å²) in [6, 6.07) is 15.7. The molecule has 0 bridgehead atoms. The molecule has 10 rings (SSSR count). The van der Waals surface area contributed by atoms with Gasteiger partial charge in [-0.15, -0.1) is 22.7 Å². The van der Waals surface area contributed by atoms with Gasteiger partial charge < -0.3 is 50.4 Å². The van der Waals surface area contributed by atoms with E-state index in [1.807, 2.05) is 104 Å². The van der Waals surface area contributed by atoms with Gasteiger partial charge in [0.1, 0.15) is 21.0 Å². The maximum Gasteiger partial charge on any atom is 0.410 e. The second-order valence-electron chi connectivity index (χ2n) is 26.6. The lowest BCUT2D eigenvalue weighted by molar-refractivity contribution is -0.0484. The topological polar surface area (TPSA) is 287 Å². The second kappa shape index (κ2) is 30.5. The number of aromatic nitrogens is 10. The third-order valence-corrected chi connectivity index (χ3v) is 17.1. The Kier molecular flexibility index (Phi) is 23.1. The average molecular weight is 1330 g/mol. The standard InChI is InChI=1S/C33H42N8O4S.C20H21ClN4OS.C13H22N4O3/c1-21-14-22(8-9-23(21)15-35-28(42)27-17-36-29(46-27)32(2,3)4)26-10-11-34-30(39-26)38-24-16-37-41(18-24)20-25-19-40(12-13-44-25)31(43)45-33(5,6)7;1-12-9-13(15-7-8-22-19(21)25-15)5-6-14(12)10-23-17(26)16-11-24-18(27-16)20(2,3)4;1-13(2,3)20-12(18)16-4-5-19-11(8-16)9-17-7-10(14)6-15-17/h8-11,14,16-18,25H,12-13,15,19-20H2,1-7H3,(H,35,42)(H,34,38,39);5-9,11H,10H2,1-4H3,(H,23,26);6-7,11H,4-5,8-9,14H2,1-3H3/t25-;;11-/m0.0/s1. The van der Waals surface area contributed by atoms with E-state index in [-0.39, 0.29) is 52.3 Å². The molecule has 8 aromatic rings. The fourth-order valence-corrected chi connectivity index (χ4v) is 11.3. The number of carbonyl (C=O) groups is 4. The van der Waals surface area contributed by atoms with E-state index in [0.29, 0.717) is 87.0 Å². The van der Waals surface area contributed by atoms with Crippen LogP contribution < -0.4 is 21.7 Å². The molecule has 0 unspecified atom stereocenters. The third-order valence-electron chi connectivity index (χ3n) is 14.1. The van der Waals surface area contributed by atoms with Crippen molar-refractivity contribution in [2.24, 2.45) is 0 Å². The van der Waals surface area contributed by atoms with Crippen LogP contribution in [0.3, 0.4) is 0 Å². The Morgan fingerprint density at radius 2 is 1.08 bits per heavy atom. The fourth-order valence-electron chi connectivity index (χ4n) is 9.36. The first-order valence-corrected chi connectivity index (χ1v) is 32.6. The predicted octanol–water partition coefficient (Wildman–Crippen LogP) is 11.6. The van der Waals surface area contributed by atoms with E-state index in [0.717, 1.165) is 60.5 Å². The number of ether oxygens (including phenoxy) is 4. The zero-order valence-electron chi connectivity index (χ0n) is 55.4. The van der Waals surface area contributed by atoms with Crippen molar-refractivity contribution >= 4 is 75.6 Å². The highest BCUT2D eigenvalue weighted by Gasteiger charge is 2.31. The number of hydrogen-bond acceptors (Lipinski definition) is 20. The minimum absolute atomic E-state index is 0.0560. The van der Waals surface area contributed by atoms with E-state index < -0.39 is 11.2 Å². The molecule has 2 aromatic carbocycles. The van der Waals surface area contributed by atoms with E-state index in [2.05, 4.69) is 98.7 Å². The van der Waals surface area contributed by atoms with Crippen molar-refractivity contribution < 1.29 is 38.1 Å². The Morgan fingerprint density at radius 3 is 1.51 bits per heavy atom. The number of nitrogen functional groups attached to an aromatic ring is 1. The highest BCUT2D eigenvalue weighted by Crippen LogP contribution is 2.30. The number of hydrogen-bond donors (Lipinski definition) is 4. The Balaban J connectivity index is 0.000000199. The molecule has 0 spiro atoms. The van der Waals surface area contributed by atoms with Gasteiger partial charge in [0.25, 0.3) is 11.8 Å². The number of nitrogens with two attached hydrogens (primary N) is 1. The van der Waals surface area contributed by atoms with E-state index >= 15 is 0 Å². The molecule has 0 radical (unpaired) electrons. The number of rotatable bonds is 14. The van der Waals surface area contributed by atoms with Crippen LogP contribution in [0.4, 0.5) is 26.9 Å². The van der Waals surface area contributed by atoms with Crippen molar-refractivity contribution in [2.45, 2.75) is 157 Å². The summed E-state index contributed by atoms with van der Waals surface area (Å²) in [6.07, 6.45) is 12.6. The Bertz CT molecular complexity index is 3860. The lowest BCUT2D eigenvalue weighted by Crippen LogP contribution is -2.48. The first-order valence-electron chi connectivity index (χ1n) is 30.6. The summed E-state index contributed by atoms with van der Waals surface area (Å²) in [5, 5.41) is 19.9. The van der Waals surface area contributed by atoms with Crippen LogP contribution in [0.15, 0.2) is 98.1 Å². The molecule has 2 aliphatic heterocycles. The van der Waals surface area contributed by atoms with Gasteiger partial charge in [0.2, 0.25) is 11.2 Å². The lowest BCUT2D eigenvalue weighted by atomic mass is 9.98. The van der Waals surface area contributed by atoms with E-state index in [1.54, 1.807) is 62.5 Å². The summed E-state index contributed by atoms with van der Waals surface area (Å²) in [5.74, 6) is 0.213. The lowest BCUT2D eigenvalue weighted by Gasteiger charge is -2.34. The van der Waals surface area contributed by atoms with Crippen LogP contribution in [0.1, 0.15) is 135 Å². The molecular weight excluding hydrogens is 1240 g/mol. The van der Waals surface area contributed by atoms with Crippen molar-refractivity contribution in [3.05, 3.63) is 145 Å². The molecule has 0 aliphatic carbocycles. The number of halogens is 1. The van der Waals surface area contributed by atoms with Crippen LogP contribution >= 0.6 is 34.3 Å². The first kappa shape index (κ1) is 70.4. The third kappa shape index (κ3) is 21.3. The maximum atomic E-state index is 12.7. The minimum atomic E-state index is -0.548. The van der Waals surface area contributed by atoms with Crippen LogP contribution in [0.5, 0.6) is 0 Å². The minimum Gasteiger partial charge on any atom is -0.444 e. The summed E-state index contributed by atoms with van der Waals surface area (Å²) in [7, 11) is 0. The molecule has 2 atom stereocenters. The van der Waals surface area contributed by atoms with Gasteiger partial charge in [0.15, 0.2) is 0 Å². The van der Waals surface area contributed by atoms with Crippen LogP contribution in [-0.4, -0.2) is 146 Å². The second-order valence-corrected chi connectivity index (χ2v) is 29.0. The van der Waals surface area contributed by atoms with Crippen molar-refractivity contribution in [1.82, 2.24) is 69.9 Å². The number of nitrogens with one attached hydrogen (secondary N) is 3. The van der Waals surface area contributed by atoms with Crippen LogP contribution in [0.25, 0.3) is 22.5 Å². The smallest absolute Gasteiger partial charge is 0.410 e. The van der Waals surface area contributed by atoms with E-state index in [4.69, 9.17) is 41.3 Å². The summed E-state index contributed by atoms with van der Waals surface area (Å²) < 4.78 is 25.9. The Morgan fingerprint density at radius 1 is 0.613 bits per heavy atom. The number of nitrogens with zero attached hydrogens (tertiary/aromatic N) is 12. The number of anilines is 3. The molecule has 4 amide bonds. The zero-order chi connectivity index (χ0) is 67.4. The van der Waals surface area contributed by atoms with Gasteiger partial charge in [0, 0.05) is 72.9 Å². The number of thiazole rings is 2. The Labute approximate surface area is 556 Å². The molecule has 2 fully saturated rings. The molecule has 6 aromatic heterocycles. The molecule has 5 N–H and O–H groups in total. The van der Waals surface area contributed by atoms with Crippen molar-refractivity contribution in [1.29, 1.82) is 0 Å². The quantitative estimate of drug-likeness (QED) is 0.0736. The summed E-state index contributed by atoms with van der Waals surface area (Å²) >= 11 is 8.73. The maximum absolute atomic E-state index is 12.7. The molecule has 2 saturated heterocycles.